The third kappa shape index (κ3) is 2.90. The Hall–Kier alpha value is -1.26. The van der Waals surface area contributed by atoms with Crippen molar-refractivity contribution in [2.75, 3.05) is 20.4 Å². The van der Waals surface area contributed by atoms with E-state index in [1.165, 1.54) is 0 Å². The standard InChI is InChI=1S/C13H19NO3/c1-9(2)15-7-11(14-3)10-4-5-12-13(6-10)17-8-16-12/h4-6,9,11,14H,7-8H2,1-3H3. The number of likely N-dealkylation sites (N-methyl/N-ethyl adjacent to an activating group) is 1. The third-order valence-corrected chi connectivity index (χ3v) is 2.74. The Morgan fingerprint density at radius 3 is 2.76 bits per heavy atom. The van der Waals surface area contributed by atoms with Crippen molar-refractivity contribution in [1.82, 2.24) is 5.32 Å². The number of hydrogen-bond donors (Lipinski definition) is 1. The monoisotopic (exact) mass is 237 g/mol. The maximum Gasteiger partial charge on any atom is 0.231 e. The summed E-state index contributed by atoms with van der Waals surface area (Å²) >= 11 is 0. The van der Waals surface area contributed by atoms with Gasteiger partial charge in [0, 0.05) is 0 Å². The van der Waals surface area contributed by atoms with Gasteiger partial charge in [-0.05, 0) is 38.6 Å². The fourth-order valence-electron chi connectivity index (χ4n) is 1.76. The van der Waals surface area contributed by atoms with Crippen LogP contribution in [0.2, 0.25) is 0 Å². The predicted octanol–water partition coefficient (Wildman–Crippen LogP) is 2.10. The predicted molar refractivity (Wildman–Crippen MR) is 65.5 cm³/mol. The largest absolute Gasteiger partial charge is 0.454 e. The van der Waals surface area contributed by atoms with E-state index < -0.39 is 0 Å². The first kappa shape index (κ1) is 12.2. The molecule has 1 aliphatic rings. The van der Waals surface area contributed by atoms with E-state index in [9.17, 15) is 0 Å². The van der Waals surface area contributed by atoms with E-state index in [0.717, 1.165) is 17.1 Å². The molecule has 2 rings (SSSR count). The summed E-state index contributed by atoms with van der Waals surface area (Å²) in [6.07, 6.45) is 0.236. The van der Waals surface area contributed by atoms with Crippen molar-refractivity contribution in [1.29, 1.82) is 0 Å². The lowest BCUT2D eigenvalue weighted by atomic mass is 10.1. The topological polar surface area (TPSA) is 39.7 Å². The Balaban J connectivity index is 2.08. The van der Waals surface area contributed by atoms with E-state index in [0.29, 0.717) is 13.4 Å². The van der Waals surface area contributed by atoms with Crippen molar-refractivity contribution in [3.8, 4) is 11.5 Å². The van der Waals surface area contributed by atoms with Gasteiger partial charge in [0.2, 0.25) is 6.79 Å². The zero-order valence-corrected chi connectivity index (χ0v) is 10.5. The van der Waals surface area contributed by atoms with Crippen LogP contribution < -0.4 is 14.8 Å². The van der Waals surface area contributed by atoms with Crippen LogP contribution in [-0.4, -0.2) is 26.6 Å². The van der Waals surface area contributed by atoms with Crippen molar-refractivity contribution < 1.29 is 14.2 Å². The highest BCUT2D eigenvalue weighted by molar-refractivity contribution is 5.45. The van der Waals surface area contributed by atoms with Crippen molar-refractivity contribution in [3.05, 3.63) is 23.8 Å². The van der Waals surface area contributed by atoms with E-state index >= 15 is 0 Å². The molecule has 17 heavy (non-hydrogen) atoms. The third-order valence-electron chi connectivity index (χ3n) is 2.74. The molecule has 0 saturated heterocycles. The van der Waals surface area contributed by atoms with Crippen LogP contribution in [0.15, 0.2) is 18.2 Å². The normalized spacial score (nSPS) is 15.3. The molecule has 1 heterocycles. The number of hydrogen-bond acceptors (Lipinski definition) is 4. The van der Waals surface area contributed by atoms with Crippen LogP contribution in [-0.2, 0) is 4.74 Å². The van der Waals surface area contributed by atoms with Crippen LogP contribution in [0.3, 0.4) is 0 Å². The van der Waals surface area contributed by atoms with E-state index in [-0.39, 0.29) is 12.1 Å². The molecular formula is C13H19NO3. The maximum absolute atomic E-state index is 5.63. The van der Waals surface area contributed by atoms with Gasteiger partial charge in [-0.15, -0.1) is 0 Å². The zero-order valence-electron chi connectivity index (χ0n) is 10.5. The molecule has 4 heteroatoms. The van der Waals surface area contributed by atoms with Crippen LogP contribution in [0.25, 0.3) is 0 Å². The summed E-state index contributed by atoms with van der Waals surface area (Å²) in [6.45, 7) is 5.03. The van der Waals surface area contributed by atoms with Crippen molar-refractivity contribution in [2.45, 2.75) is 26.0 Å². The van der Waals surface area contributed by atoms with Gasteiger partial charge in [-0.3, -0.25) is 0 Å². The highest BCUT2D eigenvalue weighted by atomic mass is 16.7. The molecule has 0 spiro atoms. The molecule has 0 amide bonds. The van der Waals surface area contributed by atoms with Gasteiger partial charge < -0.3 is 19.5 Å². The summed E-state index contributed by atoms with van der Waals surface area (Å²) in [5, 5.41) is 3.24. The minimum absolute atomic E-state index is 0.173. The van der Waals surface area contributed by atoms with Crippen molar-refractivity contribution in [3.63, 3.8) is 0 Å². The van der Waals surface area contributed by atoms with Crippen molar-refractivity contribution in [2.24, 2.45) is 0 Å². The Morgan fingerprint density at radius 2 is 2.06 bits per heavy atom. The van der Waals surface area contributed by atoms with Crippen LogP contribution in [0.1, 0.15) is 25.5 Å². The molecule has 0 radical (unpaired) electrons. The quantitative estimate of drug-likeness (QED) is 0.851. The Bertz CT molecular complexity index is 379. The Morgan fingerprint density at radius 1 is 1.29 bits per heavy atom. The van der Waals surface area contributed by atoms with Crippen LogP contribution in [0, 0.1) is 0 Å². The Kier molecular flexibility index (Phi) is 3.86. The van der Waals surface area contributed by atoms with Gasteiger partial charge in [-0.1, -0.05) is 6.07 Å². The lowest BCUT2D eigenvalue weighted by Gasteiger charge is -2.18. The highest BCUT2D eigenvalue weighted by Gasteiger charge is 2.17. The SMILES string of the molecule is CNC(COC(C)C)c1ccc2c(c1)OCO2. The van der Waals surface area contributed by atoms with Gasteiger partial charge in [0.1, 0.15) is 0 Å². The van der Waals surface area contributed by atoms with E-state index in [1.54, 1.807) is 0 Å². The van der Waals surface area contributed by atoms with Gasteiger partial charge in [0.15, 0.2) is 11.5 Å². The summed E-state index contributed by atoms with van der Waals surface area (Å²) in [6, 6.07) is 6.16. The van der Waals surface area contributed by atoms with Gasteiger partial charge in [0.05, 0.1) is 18.8 Å². The molecule has 4 nitrogen and oxygen atoms in total. The molecule has 0 saturated carbocycles. The molecule has 1 aromatic carbocycles. The summed E-state index contributed by atoms with van der Waals surface area (Å²) in [4.78, 5) is 0. The molecule has 1 atom stereocenters. The minimum atomic E-state index is 0.173. The lowest BCUT2D eigenvalue weighted by molar-refractivity contribution is 0.0626. The second-order valence-corrected chi connectivity index (χ2v) is 4.34. The fraction of sp³-hybridized carbons (Fsp3) is 0.538. The summed E-state index contributed by atoms with van der Waals surface area (Å²) < 4.78 is 16.3. The summed E-state index contributed by atoms with van der Waals surface area (Å²) in [5.41, 5.74) is 1.15. The van der Waals surface area contributed by atoms with Gasteiger partial charge in [0.25, 0.3) is 0 Å². The second-order valence-electron chi connectivity index (χ2n) is 4.34. The summed E-state index contributed by atoms with van der Waals surface area (Å²) in [5.74, 6) is 1.63. The van der Waals surface area contributed by atoms with E-state index in [1.807, 2.05) is 39.1 Å². The molecular weight excluding hydrogens is 218 g/mol. The molecule has 0 aromatic heterocycles. The van der Waals surface area contributed by atoms with Gasteiger partial charge in [-0.25, -0.2) is 0 Å². The highest BCUT2D eigenvalue weighted by Crippen LogP contribution is 2.34. The zero-order chi connectivity index (χ0) is 12.3. The molecule has 1 aliphatic heterocycles. The first-order valence-corrected chi connectivity index (χ1v) is 5.89. The number of ether oxygens (including phenoxy) is 3. The maximum atomic E-state index is 5.63. The minimum Gasteiger partial charge on any atom is -0.454 e. The molecule has 0 fully saturated rings. The van der Waals surface area contributed by atoms with Gasteiger partial charge in [-0.2, -0.15) is 0 Å². The van der Waals surface area contributed by atoms with Crippen LogP contribution >= 0.6 is 0 Å². The molecule has 1 unspecified atom stereocenters. The first-order chi connectivity index (χ1) is 8.20. The summed E-state index contributed by atoms with van der Waals surface area (Å²) in [7, 11) is 1.93. The number of rotatable bonds is 5. The van der Waals surface area contributed by atoms with Crippen LogP contribution in [0.5, 0.6) is 11.5 Å². The fourth-order valence-corrected chi connectivity index (χ4v) is 1.76. The molecule has 94 valence electrons. The Labute approximate surface area is 102 Å². The average Bonchev–Trinajstić information content (AvgIpc) is 2.76. The lowest BCUT2D eigenvalue weighted by Crippen LogP contribution is -2.23. The van der Waals surface area contributed by atoms with Gasteiger partial charge >= 0.3 is 0 Å². The van der Waals surface area contributed by atoms with E-state index in [2.05, 4.69) is 5.32 Å². The molecule has 0 bridgehead atoms. The molecule has 1 aromatic rings. The first-order valence-electron chi connectivity index (χ1n) is 5.89. The van der Waals surface area contributed by atoms with Crippen molar-refractivity contribution >= 4 is 0 Å². The number of nitrogens with one attached hydrogen (secondary N) is 1. The molecule has 0 aliphatic carbocycles. The number of benzene rings is 1. The smallest absolute Gasteiger partial charge is 0.231 e. The molecule has 1 N–H and O–H groups in total. The second kappa shape index (κ2) is 5.38. The van der Waals surface area contributed by atoms with E-state index in [4.69, 9.17) is 14.2 Å². The van der Waals surface area contributed by atoms with Crippen LogP contribution in [0.4, 0.5) is 0 Å². The number of fused-ring (bicyclic) bond motifs is 1. The average molecular weight is 237 g/mol.